The Morgan fingerprint density at radius 3 is 2.45 bits per heavy atom. The molecule has 0 saturated heterocycles. The van der Waals surface area contributed by atoms with Crippen LogP contribution in [0.2, 0.25) is 0 Å². The zero-order chi connectivity index (χ0) is 15.0. The summed E-state index contributed by atoms with van der Waals surface area (Å²) >= 11 is 0. The lowest BCUT2D eigenvalue weighted by Crippen LogP contribution is -2.44. The van der Waals surface area contributed by atoms with Gasteiger partial charge in [-0.1, -0.05) is 30.3 Å². The second kappa shape index (κ2) is 8.16. The number of methoxy groups -OCH3 is 1. The van der Waals surface area contributed by atoms with Crippen molar-refractivity contribution in [3.05, 3.63) is 35.9 Å². The first-order chi connectivity index (χ1) is 9.54. The molecule has 2 atom stereocenters. The minimum atomic E-state index is -1.10. The fourth-order valence-corrected chi connectivity index (χ4v) is 1.70. The second-order valence-corrected chi connectivity index (χ2v) is 4.48. The highest BCUT2D eigenvalue weighted by molar-refractivity contribution is 5.83. The number of carbonyl (C=O) groups is 2. The molecule has 6 heteroatoms. The maximum atomic E-state index is 11.8. The molecule has 110 valence electrons. The van der Waals surface area contributed by atoms with Gasteiger partial charge in [-0.3, -0.25) is 0 Å². The Morgan fingerprint density at radius 2 is 1.90 bits per heavy atom. The van der Waals surface area contributed by atoms with Crippen molar-refractivity contribution in [2.45, 2.75) is 25.4 Å². The van der Waals surface area contributed by atoms with E-state index in [9.17, 15) is 14.7 Å². The summed E-state index contributed by atoms with van der Waals surface area (Å²) in [5.74, 6) is -1.10. The van der Waals surface area contributed by atoms with E-state index in [1.54, 1.807) is 37.4 Å². The quantitative estimate of drug-likeness (QED) is 0.707. The van der Waals surface area contributed by atoms with Gasteiger partial charge in [0.25, 0.3) is 0 Å². The van der Waals surface area contributed by atoms with Gasteiger partial charge in [-0.05, 0) is 18.9 Å². The molecular formula is C14H20N2O4. The van der Waals surface area contributed by atoms with Crippen molar-refractivity contribution in [2.75, 3.05) is 13.7 Å². The van der Waals surface area contributed by atoms with E-state index in [4.69, 9.17) is 4.74 Å². The molecule has 2 amide bonds. The highest BCUT2D eigenvalue weighted by Crippen LogP contribution is 2.12. The molecule has 0 aliphatic carbocycles. The summed E-state index contributed by atoms with van der Waals surface area (Å²) in [5.41, 5.74) is 0.527. The van der Waals surface area contributed by atoms with Gasteiger partial charge in [0.2, 0.25) is 0 Å². The zero-order valence-electron chi connectivity index (χ0n) is 11.6. The topological polar surface area (TPSA) is 87.7 Å². The van der Waals surface area contributed by atoms with Gasteiger partial charge >= 0.3 is 12.0 Å². The van der Waals surface area contributed by atoms with Crippen molar-refractivity contribution in [3.63, 3.8) is 0 Å². The van der Waals surface area contributed by atoms with E-state index in [-0.39, 0.29) is 6.04 Å². The molecule has 2 unspecified atom stereocenters. The molecule has 6 nitrogen and oxygen atoms in total. The number of amides is 2. The number of carboxylic acids is 1. The lowest BCUT2D eigenvalue weighted by molar-refractivity contribution is -0.139. The monoisotopic (exact) mass is 280 g/mol. The number of ether oxygens (including phenoxy) is 1. The van der Waals surface area contributed by atoms with Crippen LogP contribution in [-0.4, -0.2) is 36.9 Å². The van der Waals surface area contributed by atoms with E-state index in [1.807, 2.05) is 6.92 Å². The van der Waals surface area contributed by atoms with Gasteiger partial charge in [0.1, 0.15) is 0 Å². The van der Waals surface area contributed by atoms with Crippen LogP contribution in [0.3, 0.4) is 0 Å². The first-order valence-corrected chi connectivity index (χ1v) is 6.38. The Balaban J connectivity index is 2.59. The maximum absolute atomic E-state index is 11.8. The molecule has 0 aliphatic rings. The number of hydrogen-bond acceptors (Lipinski definition) is 3. The lowest BCUT2D eigenvalue weighted by Gasteiger charge is -2.18. The second-order valence-electron chi connectivity index (χ2n) is 4.48. The van der Waals surface area contributed by atoms with Gasteiger partial charge < -0.3 is 20.5 Å². The molecule has 0 aliphatic heterocycles. The summed E-state index contributed by atoms with van der Waals surface area (Å²) in [6.45, 7) is 2.36. The van der Waals surface area contributed by atoms with Crippen LogP contribution in [0, 0.1) is 0 Å². The van der Waals surface area contributed by atoms with Crippen molar-refractivity contribution in [1.82, 2.24) is 10.6 Å². The molecule has 0 aromatic heterocycles. The van der Waals surface area contributed by atoms with Crippen LogP contribution in [-0.2, 0) is 9.53 Å². The van der Waals surface area contributed by atoms with Crippen LogP contribution in [0.15, 0.2) is 30.3 Å². The molecule has 1 aromatic carbocycles. The Hall–Kier alpha value is -2.08. The van der Waals surface area contributed by atoms with Crippen molar-refractivity contribution < 1.29 is 19.4 Å². The first kappa shape index (κ1) is 16.0. The standard InChI is InChI=1S/C14H20N2O4/c1-10(8-9-20-2)15-14(19)16-12(13(17)18)11-6-4-3-5-7-11/h3-7,10,12H,8-9H2,1-2H3,(H,17,18)(H2,15,16,19). The molecule has 20 heavy (non-hydrogen) atoms. The molecule has 0 spiro atoms. The van der Waals surface area contributed by atoms with Crippen molar-refractivity contribution in [1.29, 1.82) is 0 Å². The number of rotatable bonds is 7. The third kappa shape index (κ3) is 5.27. The Kier molecular flexibility index (Phi) is 6.52. The Bertz CT molecular complexity index is 436. The van der Waals surface area contributed by atoms with Crippen LogP contribution in [0.25, 0.3) is 0 Å². The van der Waals surface area contributed by atoms with Crippen molar-refractivity contribution in [2.24, 2.45) is 0 Å². The molecule has 0 bridgehead atoms. The van der Waals surface area contributed by atoms with Crippen LogP contribution in [0.4, 0.5) is 4.79 Å². The predicted molar refractivity (Wildman–Crippen MR) is 74.4 cm³/mol. The number of hydrogen-bond donors (Lipinski definition) is 3. The smallest absolute Gasteiger partial charge is 0.330 e. The minimum Gasteiger partial charge on any atom is -0.479 e. The van der Waals surface area contributed by atoms with E-state index < -0.39 is 18.0 Å². The summed E-state index contributed by atoms with van der Waals surface area (Å²) in [4.78, 5) is 23.0. The van der Waals surface area contributed by atoms with Gasteiger partial charge in [-0.2, -0.15) is 0 Å². The average Bonchev–Trinajstić information content (AvgIpc) is 2.43. The first-order valence-electron chi connectivity index (χ1n) is 6.38. The Labute approximate surface area is 118 Å². The molecule has 0 fully saturated rings. The van der Waals surface area contributed by atoms with Gasteiger partial charge in [0, 0.05) is 19.8 Å². The number of carboxylic acid groups (broad SMARTS) is 1. The summed E-state index contributed by atoms with van der Waals surface area (Å²) < 4.78 is 4.92. The predicted octanol–water partition coefficient (Wildman–Crippen LogP) is 1.54. The summed E-state index contributed by atoms with van der Waals surface area (Å²) in [7, 11) is 1.59. The van der Waals surface area contributed by atoms with Crippen LogP contribution < -0.4 is 10.6 Å². The van der Waals surface area contributed by atoms with Crippen LogP contribution in [0.5, 0.6) is 0 Å². The van der Waals surface area contributed by atoms with E-state index in [0.717, 1.165) is 0 Å². The van der Waals surface area contributed by atoms with Crippen molar-refractivity contribution in [3.8, 4) is 0 Å². The van der Waals surface area contributed by atoms with E-state index >= 15 is 0 Å². The Morgan fingerprint density at radius 1 is 1.25 bits per heavy atom. The molecule has 0 heterocycles. The van der Waals surface area contributed by atoms with Gasteiger partial charge in [-0.15, -0.1) is 0 Å². The zero-order valence-corrected chi connectivity index (χ0v) is 11.6. The minimum absolute atomic E-state index is 0.0971. The van der Waals surface area contributed by atoms with Gasteiger partial charge in [-0.25, -0.2) is 9.59 Å². The number of benzene rings is 1. The third-order valence-electron chi connectivity index (χ3n) is 2.79. The van der Waals surface area contributed by atoms with E-state index in [2.05, 4.69) is 10.6 Å². The fourth-order valence-electron chi connectivity index (χ4n) is 1.70. The largest absolute Gasteiger partial charge is 0.479 e. The number of aliphatic carboxylic acids is 1. The fraction of sp³-hybridized carbons (Fsp3) is 0.429. The maximum Gasteiger partial charge on any atom is 0.330 e. The average molecular weight is 280 g/mol. The summed E-state index contributed by atoms with van der Waals surface area (Å²) in [6, 6.07) is 6.89. The summed E-state index contributed by atoms with van der Waals surface area (Å²) in [6.07, 6.45) is 0.660. The van der Waals surface area contributed by atoms with Gasteiger partial charge in [0.15, 0.2) is 6.04 Å². The van der Waals surface area contributed by atoms with E-state index in [0.29, 0.717) is 18.6 Å². The highest BCUT2D eigenvalue weighted by Gasteiger charge is 2.22. The van der Waals surface area contributed by atoms with E-state index in [1.165, 1.54) is 0 Å². The normalized spacial score (nSPS) is 13.3. The van der Waals surface area contributed by atoms with Gasteiger partial charge in [0.05, 0.1) is 0 Å². The molecule has 1 rings (SSSR count). The van der Waals surface area contributed by atoms with Crippen LogP contribution >= 0.6 is 0 Å². The number of nitrogens with one attached hydrogen (secondary N) is 2. The third-order valence-corrected chi connectivity index (χ3v) is 2.79. The lowest BCUT2D eigenvalue weighted by atomic mass is 10.1. The number of urea groups is 1. The molecule has 0 radical (unpaired) electrons. The van der Waals surface area contributed by atoms with Crippen LogP contribution in [0.1, 0.15) is 24.9 Å². The number of carbonyl (C=O) groups excluding carboxylic acids is 1. The highest BCUT2D eigenvalue weighted by atomic mass is 16.5. The molecular weight excluding hydrogens is 260 g/mol. The molecule has 0 saturated carbocycles. The SMILES string of the molecule is COCCC(C)NC(=O)NC(C(=O)O)c1ccccc1. The molecule has 1 aromatic rings. The molecule has 3 N–H and O–H groups in total. The summed E-state index contributed by atoms with van der Waals surface area (Å²) in [5, 5.41) is 14.3. The van der Waals surface area contributed by atoms with Crippen molar-refractivity contribution >= 4 is 12.0 Å².